The summed E-state index contributed by atoms with van der Waals surface area (Å²) in [5.41, 5.74) is 6.28. The molecule has 0 bridgehead atoms. The van der Waals surface area contributed by atoms with Crippen LogP contribution in [0.25, 0.3) is 0 Å². The molecule has 3 rings (SSSR count). The van der Waals surface area contributed by atoms with Crippen LogP contribution in [0.1, 0.15) is 37.0 Å². The Bertz CT molecular complexity index is 370. The number of piperidine rings is 1. The van der Waals surface area contributed by atoms with Crippen LogP contribution in [0.4, 0.5) is 0 Å². The van der Waals surface area contributed by atoms with Crippen molar-refractivity contribution in [3.63, 3.8) is 0 Å². The molecule has 1 aliphatic heterocycles. The molecule has 1 aromatic heterocycles. The molecule has 0 radical (unpaired) electrons. The maximum Gasteiger partial charge on any atom is 0.0171 e. The number of hydrogen-bond donors (Lipinski definition) is 1. The quantitative estimate of drug-likeness (QED) is 0.917. The molecule has 2 fully saturated rings. The number of rotatable bonds is 4. The predicted octanol–water partition coefficient (Wildman–Crippen LogP) is 3.13. The first-order chi connectivity index (χ1) is 9.29. The zero-order valence-corrected chi connectivity index (χ0v) is 12.6. The highest BCUT2D eigenvalue weighted by molar-refractivity contribution is 7.09. The Morgan fingerprint density at radius 2 is 2.05 bits per heavy atom. The van der Waals surface area contributed by atoms with Crippen molar-refractivity contribution in [2.75, 3.05) is 19.6 Å². The summed E-state index contributed by atoms with van der Waals surface area (Å²) in [4.78, 5) is 4.18. The van der Waals surface area contributed by atoms with E-state index in [1.807, 2.05) is 11.3 Å². The first-order valence-corrected chi connectivity index (χ1v) is 8.68. The molecule has 1 saturated heterocycles. The van der Waals surface area contributed by atoms with Crippen molar-refractivity contribution in [2.24, 2.45) is 17.6 Å². The van der Waals surface area contributed by atoms with Crippen molar-refractivity contribution >= 4 is 11.3 Å². The van der Waals surface area contributed by atoms with Crippen LogP contribution in [0.15, 0.2) is 17.5 Å². The molecule has 0 aromatic carbocycles. The number of nitrogens with two attached hydrogens (primary N) is 1. The Balaban J connectivity index is 1.54. The summed E-state index contributed by atoms with van der Waals surface area (Å²) in [5, 5.41) is 2.19. The standard InChI is InChI=1S/C16H26N2S/c17-15-8-14(9-16-6-3-7-19-16)11-18(12-15)10-13-4-1-2-5-13/h3,6-7,13-15H,1-2,4-5,8-12,17H2. The van der Waals surface area contributed by atoms with Gasteiger partial charge in [-0.1, -0.05) is 18.9 Å². The molecule has 3 heteroatoms. The van der Waals surface area contributed by atoms with E-state index >= 15 is 0 Å². The highest BCUT2D eigenvalue weighted by Crippen LogP contribution is 2.28. The van der Waals surface area contributed by atoms with Crippen LogP contribution < -0.4 is 5.73 Å². The Morgan fingerprint density at radius 3 is 2.79 bits per heavy atom. The first-order valence-electron chi connectivity index (χ1n) is 7.80. The second-order valence-electron chi connectivity index (χ2n) is 6.51. The molecule has 2 nitrogen and oxygen atoms in total. The second-order valence-corrected chi connectivity index (χ2v) is 7.55. The van der Waals surface area contributed by atoms with Crippen molar-refractivity contribution in [3.05, 3.63) is 22.4 Å². The van der Waals surface area contributed by atoms with Gasteiger partial charge < -0.3 is 10.6 Å². The van der Waals surface area contributed by atoms with Gasteiger partial charge in [0.25, 0.3) is 0 Å². The molecule has 0 spiro atoms. The fourth-order valence-corrected chi connectivity index (χ4v) is 4.74. The van der Waals surface area contributed by atoms with Crippen LogP contribution in [0, 0.1) is 11.8 Å². The predicted molar refractivity (Wildman–Crippen MR) is 82.5 cm³/mol. The molecule has 2 heterocycles. The van der Waals surface area contributed by atoms with Crippen LogP contribution in [0.3, 0.4) is 0 Å². The van der Waals surface area contributed by atoms with E-state index in [-0.39, 0.29) is 0 Å². The summed E-state index contributed by atoms with van der Waals surface area (Å²) in [7, 11) is 0. The molecule has 1 aliphatic carbocycles. The minimum atomic E-state index is 0.389. The molecule has 2 unspecified atom stereocenters. The van der Waals surface area contributed by atoms with Crippen molar-refractivity contribution in [1.82, 2.24) is 4.90 Å². The SMILES string of the molecule is NC1CC(Cc2cccs2)CN(CC2CCCC2)C1. The van der Waals surface area contributed by atoms with Crippen LogP contribution >= 0.6 is 11.3 Å². The Kier molecular flexibility index (Phi) is 4.57. The normalized spacial score (nSPS) is 29.9. The molecular weight excluding hydrogens is 252 g/mol. The maximum absolute atomic E-state index is 6.28. The van der Waals surface area contributed by atoms with Gasteiger partial charge in [0.1, 0.15) is 0 Å². The zero-order chi connectivity index (χ0) is 13.1. The molecule has 2 N–H and O–H groups in total. The molecule has 2 aliphatic rings. The second kappa shape index (κ2) is 6.38. The van der Waals surface area contributed by atoms with Gasteiger partial charge in [0, 0.05) is 30.6 Å². The lowest BCUT2D eigenvalue weighted by molar-refractivity contribution is 0.136. The summed E-state index contributed by atoms with van der Waals surface area (Å²) in [6, 6.07) is 4.82. The van der Waals surface area contributed by atoms with E-state index in [0.29, 0.717) is 6.04 Å². The van der Waals surface area contributed by atoms with Gasteiger partial charge >= 0.3 is 0 Å². The minimum absolute atomic E-state index is 0.389. The maximum atomic E-state index is 6.28. The summed E-state index contributed by atoms with van der Waals surface area (Å²) in [6.45, 7) is 3.69. The smallest absolute Gasteiger partial charge is 0.0171 e. The van der Waals surface area contributed by atoms with Gasteiger partial charge in [-0.05, 0) is 49.0 Å². The Morgan fingerprint density at radius 1 is 1.21 bits per heavy atom. The summed E-state index contributed by atoms with van der Waals surface area (Å²) in [6.07, 6.45) is 8.22. The van der Waals surface area contributed by atoms with Crippen molar-refractivity contribution in [2.45, 2.75) is 44.6 Å². The fourth-order valence-electron chi connectivity index (χ4n) is 3.92. The first kappa shape index (κ1) is 13.6. The molecule has 0 amide bonds. The lowest BCUT2D eigenvalue weighted by Gasteiger charge is -2.37. The van der Waals surface area contributed by atoms with Gasteiger partial charge in [-0.25, -0.2) is 0 Å². The summed E-state index contributed by atoms with van der Waals surface area (Å²) < 4.78 is 0. The summed E-state index contributed by atoms with van der Waals surface area (Å²) >= 11 is 1.89. The summed E-state index contributed by atoms with van der Waals surface area (Å²) in [5.74, 6) is 1.72. The highest BCUT2D eigenvalue weighted by atomic mass is 32.1. The zero-order valence-electron chi connectivity index (χ0n) is 11.8. The molecule has 1 saturated carbocycles. The van der Waals surface area contributed by atoms with Gasteiger partial charge in [-0.15, -0.1) is 11.3 Å². The van der Waals surface area contributed by atoms with E-state index < -0.39 is 0 Å². The Labute approximate surface area is 121 Å². The lowest BCUT2D eigenvalue weighted by atomic mass is 9.90. The monoisotopic (exact) mass is 278 g/mol. The fraction of sp³-hybridized carbons (Fsp3) is 0.750. The largest absolute Gasteiger partial charge is 0.327 e. The number of likely N-dealkylation sites (tertiary alicyclic amines) is 1. The van der Waals surface area contributed by atoms with Crippen LogP contribution in [-0.2, 0) is 6.42 Å². The van der Waals surface area contributed by atoms with Gasteiger partial charge in [0.05, 0.1) is 0 Å². The average Bonchev–Trinajstić information content (AvgIpc) is 3.01. The number of thiophene rings is 1. The van der Waals surface area contributed by atoms with Crippen LogP contribution in [-0.4, -0.2) is 30.6 Å². The topological polar surface area (TPSA) is 29.3 Å². The van der Waals surface area contributed by atoms with E-state index in [1.165, 1.54) is 56.5 Å². The van der Waals surface area contributed by atoms with E-state index in [4.69, 9.17) is 5.73 Å². The number of hydrogen-bond acceptors (Lipinski definition) is 3. The van der Waals surface area contributed by atoms with E-state index in [9.17, 15) is 0 Å². The minimum Gasteiger partial charge on any atom is -0.327 e. The van der Waals surface area contributed by atoms with Crippen LogP contribution in [0.5, 0.6) is 0 Å². The van der Waals surface area contributed by atoms with Gasteiger partial charge in [0.15, 0.2) is 0 Å². The lowest BCUT2D eigenvalue weighted by Crippen LogP contribution is -2.48. The molecule has 1 aromatic rings. The molecule has 2 atom stereocenters. The Hall–Kier alpha value is -0.380. The van der Waals surface area contributed by atoms with E-state index in [1.54, 1.807) is 0 Å². The molecule has 19 heavy (non-hydrogen) atoms. The average molecular weight is 278 g/mol. The van der Waals surface area contributed by atoms with Gasteiger partial charge in [0.2, 0.25) is 0 Å². The number of nitrogens with zero attached hydrogens (tertiary/aromatic N) is 1. The van der Waals surface area contributed by atoms with Crippen molar-refractivity contribution < 1.29 is 0 Å². The van der Waals surface area contributed by atoms with Crippen molar-refractivity contribution in [1.29, 1.82) is 0 Å². The molecule has 106 valence electrons. The van der Waals surface area contributed by atoms with E-state index in [0.717, 1.165) is 18.4 Å². The van der Waals surface area contributed by atoms with Gasteiger partial charge in [-0.2, -0.15) is 0 Å². The highest BCUT2D eigenvalue weighted by Gasteiger charge is 2.27. The van der Waals surface area contributed by atoms with Gasteiger partial charge in [-0.3, -0.25) is 0 Å². The van der Waals surface area contributed by atoms with E-state index in [2.05, 4.69) is 22.4 Å². The third kappa shape index (κ3) is 3.80. The third-order valence-corrected chi connectivity index (χ3v) is 5.61. The molecular formula is C16H26N2S. The third-order valence-electron chi connectivity index (χ3n) is 4.71. The van der Waals surface area contributed by atoms with Crippen LogP contribution in [0.2, 0.25) is 0 Å². The van der Waals surface area contributed by atoms with Crippen molar-refractivity contribution in [3.8, 4) is 0 Å².